The fraction of sp³-hybridized carbons (Fsp3) is 0.294. The molecule has 2 heterocycles. The third kappa shape index (κ3) is 4.05. The van der Waals surface area contributed by atoms with Gasteiger partial charge in [0.1, 0.15) is 29.8 Å². The van der Waals surface area contributed by atoms with Gasteiger partial charge in [-0.2, -0.15) is 8.78 Å². The van der Waals surface area contributed by atoms with Crippen molar-refractivity contribution in [3.8, 4) is 5.75 Å². The number of alkyl halides is 2. The van der Waals surface area contributed by atoms with Gasteiger partial charge in [-0.05, 0) is 28.1 Å². The Hall–Kier alpha value is -1.97. The number of nitrogens with zero attached hydrogens (tertiary/aromatic N) is 2. The van der Waals surface area contributed by atoms with Gasteiger partial charge in [-0.3, -0.25) is 9.98 Å². The van der Waals surface area contributed by atoms with Crippen LogP contribution in [0, 0.1) is 0 Å². The van der Waals surface area contributed by atoms with Gasteiger partial charge in [0.15, 0.2) is 0 Å². The second-order valence-corrected chi connectivity index (χ2v) is 6.34. The quantitative estimate of drug-likeness (QED) is 0.794. The summed E-state index contributed by atoms with van der Waals surface area (Å²) in [5.74, 6) is -0.660. The van der Waals surface area contributed by atoms with Gasteiger partial charge >= 0.3 is 6.61 Å². The molecular formula is C17H14BrF3N2O3. The van der Waals surface area contributed by atoms with Gasteiger partial charge in [-0.25, -0.2) is 4.39 Å². The Morgan fingerprint density at radius 1 is 1.31 bits per heavy atom. The number of rotatable bonds is 3. The predicted molar refractivity (Wildman–Crippen MR) is 93.7 cm³/mol. The van der Waals surface area contributed by atoms with Crippen LogP contribution in [-0.2, 0) is 4.74 Å². The fourth-order valence-corrected chi connectivity index (χ4v) is 2.90. The van der Waals surface area contributed by atoms with Crippen molar-refractivity contribution in [1.29, 1.82) is 0 Å². The maximum atomic E-state index is 13.8. The molecule has 26 heavy (non-hydrogen) atoms. The first-order valence-electron chi connectivity index (χ1n) is 7.63. The number of hydrogen-bond donors (Lipinski definition) is 1. The molecule has 3 rings (SSSR count). The number of fused-ring (bicyclic) bond motifs is 1. The van der Waals surface area contributed by atoms with Crippen LogP contribution in [-0.4, -0.2) is 42.4 Å². The van der Waals surface area contributed by atoms with Crippen molar-refractivity contribution in [3.63, 3.8) is 0 Å². The number of hydrogen-bond acceptors (Lipinski definition) is 5. The molecule has 0 bridgehead atoms. The predicted octanol–water partition coefficient (Wildman–Crippen LogP) is 3.70. The third-order valence-electron chi connectivity index (χ3n) is 3.81. The summed E-state index contributed by atoms with van der Waals surface area (Å²) in [7, 11) is 0. The molecule has 2 aliphatic rings. The second kappa shape index (κ2) is 8.15. The minimum absolute atomic E-state index is 0.0680. The molecule has 5 nitrogen and oxygen atoms in total. The molecule has 1 unspecified atom stereocenters. The van der Waals surface area contributed by atoms with Gasteiger partial charge in [0.05, 0.1) is 16.8 Å². The van der Waals surface area contributed by atoms with E-state index in [1.807, 2.05) is 0 Å². The largest absolute Gasteiger partial charge is 0.434 e. The zero-order valence-electron chi connectivity index (χ0n) is 13.2. The number of para-hydroxylation sites is 1. The van der Waals surface area contributed by atoms with Crippen molar-refractivity contribution in [2.75, 3.05) is 6.61 Å². The number of halogens is 4. The van der Waals surface area contributed by atoms with Crippen LogP contribution in [0.4, 0.5) is 13.2 Å². The van der Waals surface area contributed by atoms with Crippen molar-refractivity contribution < 1.29 is 27.8 Å². The SMILES string of the molecule is O[C@@H]1CO[C@@H](c2ccccc2OC(F)F)C2=NC=C(Br)C(F)=CC=NC21. The molecular weight excluding hydrogens is 417 g/mol. The summed E-state index contributed by atoms with van der Waals surface area (Å²) in [6, 6.07) is 5.33. The first kappa shape index (κ1) is 18.8. The molecule has 138 valence electrons. The van der Waals surface area contributed by atoms with Crippen molar-refractivity contribution in [1.82, 2.24) is 0 Å². The van der Waals surface area contributed by atoms with Gasteiger partial charge in [-0.15, -0.1) is 0 Å². The standard InChI is InChI=1S/C17H14BrF3N2O3/c18-10-7-23-15-14(22-6-5-11(10)19)12(24)8-25-16(15)9-3-1-2-4-13(9)26-17(20)21/h1-7,12,14,16-17,24H,8H2/t12-,14?,16+/m1/s1. The van der Waals surface area contributed by atoms with Crippen molar-refractivity contribution >= 4 is 27.9 Å². The molecule has 0 radical (unpaired) electrons. The maximum Gasteiger partial charge on any atom is 0.387 e. The van der Waals surface area contributed by atoms with E-state index in [4.69, 9.17) is 4.74 Å². The van der Waals surface area contributed by atoms with Gasteiger partial charge in [-0.1, -0.05) is 18.2 Å². The van der Waals surface area contributed by atoms with Crippen LogP contribution in [0.3, 0.4) is 0 Å². The van der Waals surface area contributed by atoms with E-state index in [2.05, 4.69) is 30.7 Å². The summed E-state index contributed by atoms with van der Waals surface area (Å²) in [5, 5.41) is 10.2. The lowest BCUT2D eigenvalue weighted by atomic mass is 9.93. The highest BCUT2D eigenvalue weighted by atomic mass is 79.9. The Morgan fingerprint density at radius 2 is 2.08 bits per heavy atom. The number of allylic oxidation sites excluding steroid dienone is 3. The van der Waals surface area contributed by atoms with E-state index < -0.39 is 30.7 Å². The fourth-order valence-electron chi connectivity index (χ4n) is 2.67. The van der Waals surface area contributed by atoms with E-state index >= 15 is 0 Å². The number of ether oxygens (including phenoxy) is 2. The topological polar surface area (TPSA) is 63.4 Å². The monoisotopic (exact) mass is 430 g/mol. The van der Waals surface area contributed by atoms with E-state index in [1.165, 1.54) is 18.5 Å². The van der Waals surface area contributed by atoms with Crippen LogP contribution in [0.2, 0.25) is 0 Å². The average Bonchev–Trinajstić information content (AvgIpc) is 2.67. The van der Waals surface area contributed by atoms with Crippen LogP contribution in [0.1, 0.15) is 11.7 Å². The summed E-state index contributed by atoms with van der Waals surface area (Å²) < 4.78 is 49.5. The summed E-state index contributed by atoms with van der Waals surface area (Å²) in [5.41, 5.74) is 0.571. The van der Waals surface area contributed by atoms with Crippen molar-refractivity contribution in [2.45, 2.75) is 24.9 Å². The zero-order valence-corrected chi connectivity index (χ0v) is 14.8. The molecule has 1 fully saturated rings. The Bertz CT molecular complexity index is 795. The molecule has 0 amide bonds. The van der Waals surface area contributed by atoms with Crippen LogP contribution < -0.4 is 4.74 Å². The molecule has 1 saturated heterocycles. The van der Waals surface area contributed by atoms with Gasteiger partial charge in [0, 0.05) is 18.0 Å². The van der Waals surface area contributed by atoms with E-state index in [1.54, 1.807) is 18.2 Å². The average molecular weight is 431 g/mol. The third-order valence-corrected chi connectivity index (χ3v) is 4.39. The highest BCUT2D eigenvalue weighted by Gasteiger charge is 2.38. The summed E-state index contributed by atoms with van der Waals surface area (Å²) in [6.07, 6.45) is 1.68. The molecule has 1 N–H and O–H groups in total. The van der Waals surface area contributed by atoms with Crippen molar-refractivity contribution in [2.24, 2.45) is 9.98 Å². The lowest BCUT2D eigenvalue weighted by molar-refractivity contribution is -0.0537. The summed E-state index contributed by atoms with van der Waals surface area (Å²) in [4.78, 5) is 8.36. The molecule has 9 heteroatoms. The van der Waals surface area contributed by atoms with E-state index in [-0.39, 0.29) is 22.6 Å². The molecule has 0 saturated carbocycles. The number of aliphatic hydroxyl groups is 1. The van der Waals surface area contributed by atoms with Crippen LogP contribution in [0.5, 0.6) is 5.75 Å². The summed E-state index contributed by atoms with van der Waals surface area (Å²) >= 11 is 3.05. The second-order valence-electron chi connectivity index (χ2n) is 5.49. The van der Waals surface area contributed by atoms with E-state index in [9.17, 15) is 18.3 Å². The van der Waals surface area contributed by atoms with Crippen LogP contribution in [0.25, 0.3) is 0 Å². The molecule has 0 spiro atoms. The Kier molecular flexibility index (Phi) is 5.90. The highest BCUT2D eigenvalue weighted by Crippen LogP contribution is 2.35. The smallest absolute Gasteiger partial charge is 0.387 e. The number of aliphatic hydroxyl groups excluding tert-OH is 1. The molecule has 2 aliphatic heterocycles. The normalized spacial score (nSPS) is 26.1. The lowest BCUT2D eigenvalue weighted by Crippen LogP contribution is -2.45. The molecule has 0 aromatic heterocycles. The Balaban J connectivity index is 2.06. The first-order chi connectivity index (χ1) is 12.5. The van der Waals surface area contributed by atoms with E-state index in [0.29, 0.717) is 5.56 Å². The van der Waals surface area contributed by atoms with Gasteiger partial charge in [0.2, 0.25) is 0 Å². The molecule has 0 aliphatic carbocycles. The van der Waals surface area contributed by atoms with Crippen LogP contribution >= 0.6 is 15.9 Å². The minimum Gasteiger partial charge on any atom is -0.434 e. The highest BCUT2D eigenvalue weighted by molar-refractivity contribution is 9.11. The number of benzene rings is 1. The molecule has 1 aromatic rings. The first-order valence-corrected chi connectivity index (χ1v) is 8.42. The van der Waals surface area contributed by atoms with Gasteiger partial charge in [0.25, 0.3) is 0 Å². The van der Waals surface area contributed by atoms with Crippen molar-refractivity contribution in [3.05, 3.63) is 52.4 Å². The van der Waals surface area contributed by atoms with Gasteiger partial charge < -0.3 is 14.6 Å². The lowest BCUT2D eigenvalue weighted by Gasteiger charge is -2.33. The maximum absolute atomic E-state index is 13.8. The summed E-state index contributed by atoms with van der Waals surface area (Å²) in [6.45, 7) is -3.10. The minimum atomic E-state index is -3.01. The molecule has 1 aromatic carbocycles. The zero-order chi connectivity index (χ0) is 18.7. The number of aliphatic imine (C=N–C) groups is 2. The van der Waals surface area contributed by atoms with Crippen LogP contribution in [0.15, 0.2) is 56.8 Å². The Morgan fingerprint density at radius 3 is 2.85 bits per heavy atom. The Labute approximate surface area is 155 Å². The van der Waals surface area contributed by atoms with E-state index in [0.717, 1.165) is 6.08 Å². The molecule has 3 atom stereocenters.